The van der Waals surface area contributed by atoms with E-state index in [9.17, 15) is 0 Å². The standard InChI is InChI=1S/C13H18N4S/c1-3-8-7-10(8)15-11-9-5-6-18-12(9)17-13(16-11)14-4-2/h5-6,8,10H,3-4,7H2,1-2H3,(H2,14,15,16,17). The average molecular weight is 262 g/mol. The van der Waals surface area contributed by atoms with E-state index in [4.69, 9.17) is 0 Å². The molecule has 4 nitrogen and oxygen atoms in total. The van der Waals surface area contributed by atoms with Crippen molar-refractivity contribution in [1.82, 2.24) is 9.97 Å². The second-order valence-corrected chi connectivity index (χ2v) is 5.62. The molecule has 96 valence electrons. The van der Waals surface area contributed by atoms with Crippen molar-refractivity contribution in [3.05, 3.63) is 11.4 Å². The van der Waals surface area contributed by atoms with Crippen molar-refractivity contribution in [2.24, 2.45) is 5.92 Å². The Hall–Kier alpha value is -1.36. The van der Waals surface area contributed by atoms with Crippen LogP contribution in [0.2, 0.25) is 0 Å². The minimum Gasteiger partial charge on any atom is -0.366 e. The zero-order valence-electron chi connectivity index (χ0n) is 10.7. The number of fused-ring (bicyclic) bond motifs is 1. The monoisotopic (exact) mass is 262 g/mol. The Morgan fingerprint density at radius 2 is 2.28 bits per heavy atom. The highest BCUT2D eigenvalue weighted by Gasteiger charge is 2.35. The van der Waals surface area contributed by atoms with Crippen LogP contribution in [0.4, 0.5) is 11.8 Å². The summed E-state index contributed by atoms with van der Waals surface area (Å²) in [6.45, 7) is 5.15. The van der Waals surface area contributed by atoms with Gasteiger partial charge in [-0.2, -0.15) is 4.98 Å². The quantitative estimate of drug-likeness (QED) is 0.867. The summed E-state index contributed by atoms with van der Waals surface area (Å²) in [5, 5.41) is 9.97. The number of hydrogen-bond donors (Lipinski definition) is 2. The van der Waals surface area contributed by atoms with Crippen LogP contribution < -0.4 is 10.6 Å². The number of hydrogen-bond acceptors (Lipinski definition) is 5. The van der Waals surface area contributed by atoms with Crippen LogP contribution in [0.5, 0.6) is 0 Å². The van der Waals surface area contributed by atoms with Crippen molar-refractivity contribution in [2.75, 3.05) is 17.2 Å². The van der Waals surface area contributed by atoms with E-state index in [1.165, 1.54) is 12.8 Å². The van der Waals surface area contributed by atoms with Crippen molar-refractivity contribution in [2.45, 2.75) is 32.7 Å². The molecule has 1 saturated carbocycles. The van der Waals surface area contributed by atoms with E-state index in [0.29, 0.717) is 6.04 Å². The molecule has 0 radical (unpaired) electrons. The summed E-state index contributed by atoms with van der Waals surface area (Å²) in [5.41, 5.74) is 0. The van der Waals surface area contributed by atoms with E-state index in [0.717, 1.165) is 34.4 Å². The molecule has 2 aromatic rings. The highest BCUT2D eigenvalue weighted by molar-refractivity contribution is 7.16. The second-order valence-electron chi connectivity index (χ2n) is 4.72. The summed E-state index contributed by atoms with van der Waals surface area (Å²) in [5.74, 6) is 2.53. The molecule has 1 aliphatic carbocycles. The summed E-state index contributed by atoms with van der Waals surface area (Å²) in [6.07, 6.45) is 2.51. The molecule has 0 saturated heterocycles. The van der Waals surface area contributed by atoms with Gasteiger partial charge in [-0.3, -0.25) is 0 Å². The maximum absolute atomic E-state index is 4.59. The Morgan fingerprint density at radius 3 is 3.00 bits per heavy atom. The molecule has 2 atom stereocenters. The minimum absolute atomic E-state index is 0.600. The molecule has 2 unspecified atom stereocenters. The Bertz CT molecular complexity index is 551. The fourth-order valence-electron chi connectivity index (χ4n) is 2.25. The maximum atomic E-state index is 4.59. The lowest BCUT2D eigenvalue weighted by molar-refractivity contribution is 0.774. The molecule has 2 heterocycles. The second kappa shape index (κ2) is 4.72. The summed E-state index contributed by atoms with van der Waals surface area (Å²) < 4.78 is 0. The molecule has 0 bridgehead atoms. The van der Waals surface area contributed by atoms with E-state index in [1.54, 1.807) is 11.3 Å². The number of nitrogens with one attached hydrogen (secondary N) is 2. The number of thiophene rings is 1. The van der Waals surface area contributed by atoms with Gasteiger partial charge >= 0.3 is 0 Å². The van der Waals surface area contributed by atoms with Gasteiger partial charge in [0.2, 0.25) is 5.95 Å². The fraction of sp³-hybridized carbons (Fsp3) is 0.538. The smallest absolute Gasteiger partial charge is 0.226 e. The minimum atomic E-state index is 0.600. The van der Waals surface area contributed by atoms with E-state index in [1.807, 2.05) is 0 Å². The van der Waals surface area contributed by atoms with Gasteiger partial charge in [0.25, 0.3) is 0 Å². The lowest BCUT2D eigenvalue weighted by atomic mass is 10.3. The van der Waals surface area contributed by atoms with Crippen molar-refractivity contribution in [3.63, 3.8) is 0 Å². The predicted molar refractivity (Wildman–Crippen MR) is 77.4 cm³/mol. The lowest BCUT2D eigenvalue weighted by Crippen LogP contribution is -2.09. The van der Waals surface area contributed by atoms with Crippen molar-refractivity contribution in [3.8, 4) is 0 Å². The molecule has 1 fully saturated rings. The largest absolute Gasteiger partial charge is 0.366 e. The Morgan fingerprint density at radius 1 is 1.39 bits per heavy atom. The number of aromatic nitrogens is 2. The molecular formula is C13H18N4S. The highest BCUT2D eigenvalue weighted by Crippen LogP contribution is 2.37. The highest BCUT2D eigenvalue weighted by atomic mass is 32.1. The van der Waals surface area contributed by atoms with Crippen molar-refractivity contribution >= 4 is 33.3 Å². The molecule has 2 aromatic heterocycles. The predicted octanol–water partition coefficient (Wildman–Crippen LogP) is 3.33. The van der Waals surface area contributed by atoms with Crippen LogP contribution in [0.25, 0.3) is 10.2 Å². The lowest BCUT2D eigenvalue weighted by Gasteiger charge is -2.08. The molecule has 0 spiro atoms. The van der Waals surface area contributed by atoms with Crippen LogP contribution in [0.15, 0.2) is 11.4 Å². The van der Waals surface area contributed by atoms with E-state index in [2.05, 4.69) is 45.9 Å². The molecule has 5 heteroatoms. The first-order valence-electron chi connectivity index (χ1n) is 6.57. The summed E-state index contributed by atoms with van der Waals surface area (Å²) in [6, 6.07) is 2.70. The zero-order chi connectivity index (χ0) is 12.5. The van der Waals surface area contributed by atoms with E-state index in [-0.39, 0.29) is 0 Å². The van der Waals surface area contributed by atoms with Gasteiger partial charge in [0, 0.05) is 12.6 Å². The Kier molecular flexibility index (Phi) is 3.07. The molecule has 3 rings (SSSR count). The van der Waals surface area contributed by atoms with Gasteiger partial charge in [-0.25, -0.2) is 4.98 Å². The van der Waals surface area contributed by atoms with Gasteiger partial charge in [-0.15, -0.1) is 11.3 Å². The van der Waals surface area contributed by atoms with Gasteiger partial charge < -0.3 is 10.6 Å². The van der Waals surface area contributed by atoms with E-state index < -0.39 is 0 Å². The molecule has 2 N–H and O–H groups in total. The first-order chi connectivity index (χ1) is 8.81. The van der Waals surface area contributed by atoms with Gasteiger partial charge in [-0.1, -0.05) is 13.3 Å². The summed E-state index contributed by atoms with van der Waals surface area (Å²) in [4.78, 5) is 10.1. The average Bonchev–Trinajstić information content (AvgIpc) is 2.94. The maximum Gasteiger partial charge on any atom is 0.226 e. The normalized spacial score (nSPS) is 22.1. The molecule has 0 amide bonds. The third-order valence-corrected chi connectivity index (χ3v) is 4.24. The molecular weight excluding hydrogens is 244 g/mol. The summed E-state index contributed by atoms with van der Waals surface area (Å²) in [7, 11) is 0. The topological polar surface area (TPSA) is 49.8 Å². The summed E-state index contributed by atoms with van der Waals surface area (Å²) >= 11 is 1.66. The van der Waals surface area contributed by atoms with Crippen LogP contribution in [-0.2, 0) is 0 Å². The van der Waals surface area contributed by atoms with Crippen LogP contribution in [-0.4, -0.2) is 22.6 Å². The first-order valence-corrected chi connectivity index (χ1v) is 7.45. The Labute approximate surface area is 111 Å². The van der Waals surface area contributed by atoms with Gasteiger partial charge in [0.05, 0.1) is 5.39 Å². The molecule has 0 aliphatic heterocycles. The van der Waals surface area contributed by atoms with Gasteiger partial charge in [-0.05, 0) is 30.7 Å². The number of anilines is 2. The van der Waals surface area contributed by atoms with Crippen LogP contribution >= 0.6 is 11.3 Å². The fourth-order valence-corrected chi connectivity index (χ4v) is 3.02. The third kappa shape index (κ3) is 2.14. The Balaban J connectivity index is 1.90. The van der Waals surface area contributed by atoms with Crippen molar-refractivity contribution < 1.29 is 0 Å². The van der Waals surface area contributed by atoms with Crippen LogP contribution in [0, 0.1) is 5.92 Å². The number of nitrogens with zero attached hydrogens (tertiary/aromatic N) is 2. The van der Waals surface area contributed by atoms with Gasteiger partial charge in [0.15, 0.2) is 0 Å². The third-order valence-electron chi connectivity index (χ3n) is 3.43. The molecule has 0 aromatic carbocycles. The van der Waals surface area contributed by atoms with Crippen molar-refractivity contribution in [1.29, 1.82) is 0 Å². The molecule has 18 heavy (non-hydrogen) atoms. The van der Waals surface area contributed by atoms with E-state index >= 15 is 0 Å². The zero-order valence-corrected chi connectivity index (χ0v) is 11.5. The van der Waals surface area contributed by atoms with Crippen LogP contribution in [0.3, 0.4) is 0 Å². The number of rotatable bonds is 5. The van der Waals surface area contributed by atoms with Gasteiger partial charge in [0.1, 0.15) is 10.6 Å². The molecule has 1 aliphatic rings. The van der Waals surface area contributed by atoms with Crippen LogP contribution in [0.1, 0.15) is 26.7 Å². The SMILES string of the molecule is CCNc1nc(NC2CC2CC)c2ccsc2n1. The first kappa shape index (κ1) is 11.7.